The van der Waals surface area contributed by atoms with Gasteiger partial charge < -0.3 is 21.1 Å². The Labute approximate surface area is 236 Å². The van der Waals surface area contributed by atoms with E-state index in [1.807, 2.05) is 0 Å². The number of ether oxygens (including phenoxy) is 1. The van der Waals surface area contributed by atoms with Crippen molar-refractivity contribution >= 4 is 23.0 Å². The van der Waals surface area contributed by atoms with Gasteiger partial charge in [0.1, 0.15) is 28.7 Å². The maximum Gasteiger partial charge on any atom is 0.416 e. The van der Waals surface area contributed by atoms with Gasteiger partial charge in [0.15, 0.2) is 5.78 Å². The molecule has 6 rings (SSSR count). The van der Waals surface area contributed by atoms with Gasteiger partial charge in [-0.05, 0) is 30.7 Å². The van der Waals surface area contributed by atoms with Crippen LogP contribution in [0.3, 0.4) is 0 Å². The minimum atomic E-state index is -4.59. The Balaban J connectivity index is 1.36. The van der Waals surface area contributed by atoms with E-state index in [4.69, 9.17) is 21.2 Å². The van der Waals surface area contributed by atoms with Crippen LogP contribution >= 0.6 is 0 Å². The molecule has 2 aliphatic heterocycles. The number of Topliss-reactive ketones (excluding diaryl/α,β-unsaturated/α-hetero) is 1. The van der Waals surface area contributed by atoms with Gasteiger partial charge in [-0.3, -0.25) is 19.0 Å². The number of nitrogens with two attached hydrogens (primary N) is 2. The van der Waals surface area contributed by atoms with Gasteiger partial charge in [0.2, 0.25) is 5.91 Å². The van der Waals surface area contributed by atoms with Crippen LogP contribution in [0.4, 0.5) is 23.4 Å². The first kappa shape index (κ1) is 27.7. The van der Waals surface area contributed by atoms with E-state index in [-0.39, 0.29) is 52.7 Å². The summed E-state index contributed by atoms with van der Waals surface area (Å²) in [4.78, 5) is 40.2. The van der Waals surface area contributed by atoms with Crippen molar-refractivity contribution in [3.63, 3.8) is 0 Å². The Morgan fingerprint density at radius 2 is 1.90 bits per heavy atom. The largest absolute Gasteiger partial charge is 0.416 e. The number of carbonyl (C=O) groups is 2. The van der Waals surface area contributed by atoms with E-state index in [0.29, 0.717) is 31.0 Å². The summed E-state index contributed by atoms with van der Waals surface area (Å²) in [5, 5.41) is 0. The summed E-state index contributed by atoms with van der Waals surface area (Å²) in [6, 6.07) is 4.71. The first-order valence-electron chi connectivity index (χ1n) is 13.1. The number of aromatic nitrogens is 4. The fourth-order valence-electron chi connectivity index (χ4n) is 5.85. The number of halogens is 4. The number of likely N-dealkylation sites (tertiary alicyclic amines) is 1. The Hall–Kier alpha value is -4.43. The average Bonchev–Trinajstić information content (AvgIpc) is 3.66. The maximum atomic E-state index is 15.6. The molecule has 5 heterocycles. The summed E-state index contributed by atoms with van der Waals surface area (Å²) in [5.41, 5.74) is 11.4. The van der Waals surface area contributed by atoms with Gasteiger partial charge in [0.05, 0.1) is 43.8 Å². The van der Waals surface area contributed by atoms with Gasteiger partial charge in [0.25, 0.3) is 0 Å². The molecule has 218 valence electrons. The number of carbonyl (C=O) groups excluding carboxylic acids is 2. The molecule has 14 heteroatoms. The molecular weight excluding hydrogens is 558 g/mol. The number of alkyl halides is 3. The van der Waals surface area contributed by atoms with Gasteiger partial charge in [-0.25, -0.2) is 14.4 Å². The van der Waals surface area contributed by atoms with E-state index in [9.17, 15) is 22.8 Å². The number of anilines is 1. The van der Waals surface area contributed by atoms with Crippen LogP contribution in [0.15, 0.2) is 48.9 Å². The summed E-state index contributed by atoms with van der Waals surface area (Å²) in [6.07, 6.45) is -0.387. The van der Waals surface area contributed by atoms with Crippen LogP contribution in [0.5, 0.6) is 0 Å². The van der Waals surface area contributed by atoms with E-state index in [0.717, 1.165) is 24.4 Å². The van der Waals surface area contributed by atoms with Crippen LogP contribution in [-0.4, -0.2) is 61.7 Å². The Kier molecular flexibility index (Phi) is 6.89. The number of amides is 1. The molecule has 0 radical (unpaired) electrons. The SMILES string of the molecule is NCC(=O)N1[C@@H]2COC[C@@H]2C[C@H]1c1nc(-c2ccc(C(=O)Cc3cc(C(F)(F)F)ccn3)cc2F)c2c(N)nccn12. The van der Waals surface area contributed by atoms with E-state index in [2.05, 4.69) is 9.97 Å². The monoisotopic (exact) mass is 583 g/mol. The number of imidazole rings is 1. The molecule has 0 spiro atoms. The van der Waals surface area contributed by atoms with Crippen LogP contribution in [0.25, 0.3) is 16.8 Å². The molecule has 4 aromatic rings. The van der Waals surface area contributed by atoms with Crippen molar-refractivity contribution in [1.82, 2.24) is 24.3 Å². The lowest BCUT2D eigenvalue weighted by Crippen LogP contribution is -2.43. The predicted molar refractivity (Wildman–Crippen MR) is 141 cm³/mol. The first-order chi connectivity index (χ1) is 20.1. The second-order valence-electron chi connectivity index (χ2n) is 10.3. The van der Waals surface area contributed by atoms with Crippen molar-refractivity contribution in [2.75, 3.05) is 25.5 Å². The number of pyridine rings is 1. The summed E-state index contributed by atoms with van der Waals surface area (Å²) in [6.45, 7) is 0.683. The molecule has 4 N–H and O–H groups in total. The maximum absolute atomic E-state index is 15.6. The molecule has 0 bridgehead atoms. The summed E-state index contributed by atoms with van der Waals surface area (Å²) in [7, 11) is 0. The second kappa shape index (κ2) is 10.4. The minimum Gasteiger partial charge on any atom is -0.382 e. The van der Waals surface area contributed by atoms with Crippen molar-refractivity contribution in [3.05, 3.63) is 77.4 Å². The lowest BCUT2D eigenvalue weighted by atomic mass is 10.0. The molecule has 3 aromatic heterocycles. The highest BCUT2D eigenvalue weighted by atomic mass is 19.4. The molecule has 10 nitrogen and oxygen atoms in total. The average molecular weight is 584 g/mol. The Bertz CT molecular complexity index is 1710. The molecule has 3 atom stereocenters. The highest BCUT2D eigenvalue weighted by molar-refractivity contribution is 5.98. The molecule has 2 saturated heterocycles. The summed E-state index contributed by atoms with van der Waals surface area (Å²) < 4.78 is 62.0. The van der Waals surface area contributed by atoms with Crippen molar-refractivity contribution in [2.24, 2.45) is 11.7 Å². The number of hydrogen-bond acceptors (Lipinski definition) is 8. The van der Waals surface area contributed by atoms with E-state index >= 15 is 4.39 Å². The molecular formula is C28H25F4N7O3. The van der Waals surface area contributed by atoms with Gasteiger partial charge in [-0.2, -0.15) is 13.2 Å². The molecule has 0 aliphatic carbocycles. The topological polar surface area (TPSA) is 142 Å². The predicted octanol–water partition coefficient (Wildman–Crippen LogP) is 3.20. The number of hydrogen-bond donors (Lipinski definition) is 2. The Morgan fingerprint density at radius 1 is 1.10 bits per heavy atom. The fraction of sp³-hybridized carbons (Fsp3) is 0.321. The lowest BCUT2D eigenvalue weighted by Gasteiger charge is -2.28. The quantitative estimate of drug-likeness (QED) is 0.260. The fourth-order valence-corrected chi connectivity index (χ4v) is 5.85. The molecule has 0 unspecified atom stereocenters. The van der Waals surface area contributed by atoms with E-state index < -0.39 is 35.8 Å². The number of ketones is 1. The molecule has 42 heavy (non-hydrogen) atoms. The van der Waals surface area contributed by atoms with Crippen LogP contribution in [0, 0.1) is 11.7 Å². The van der Waals surface area contributed by atoms with Crippen molar-refractivity contribution in [2.45, 2.75) is 31.1 Å². The highest BCUT2D eigenvalue weighted by Gasteiger charge is 2.48. The molecule has 1 amide bonds. The molecule has 2 fully saturated rings. The Morgan fingerprint density at radius 3 is 2.64 bits per heavy atom. The number of nitrogens with zero attached hydrogens (tertiary/aromatic N) is 5. The summed E-state index contributed by atoms with van der Waals surface area (Å²) in [5.74, 6) is -1.03. The molecule has 1 aromatic carbocycles. The smallest absolute Gasteiger partial charge is 0.382 e. The third-order valence-electron chi connectivity index (χ3n) is 7.79. The van der Waals surface area contributed by atoms with Gasteiger partial charge in [0, 0.05) is 41.3 Å². The number of fused-ring (bicyclic) bond motifs is 2. The van der Waals surface area contributed by atoms with Crippen LogP contribution in [0.1, 0.15) is 39.9 Å². The van der Waals surface area contributed by atoms with Gasteiger partial charge in [-0.1, -0.05) is 6.07 Å². The molecule has 2 aliphatic rings. The number of rotatable bonds is 6. The highest BCUT2D eigenvalue weighted by Crippen LogP contribution is 2.44. The van der Waals surface area contributed by atoms with Crippen LogP contribution < -0.4 is 11.5 Å². The second-order valence-corrected chi connectivity index (χ2v) is 10.3. The first-order valence-corrected chi connectivity index (χ1v) is 13.1. The zero-order chi connectivity index (χ0) is 29.8. The normalized spacial score (nSPS) is 20.3. The third-order valence-corrected chi connectivity index (χ3v) is 7.79. The van der Waals surface area contributed by atoms with Gasteiger partial charge >= 0.3 is 6.18 Å². The van der Waals surface area contributed by atoms with E-state index in [1.165, 1.54) is 18.3 Å². The van der Waals surface area contributed by atoms with Crippen LogP contribution in [-0.2, 0) is 22.1 Å². The minimum absolute atomic E-state index is 0.0328. The third kappa shape index (κ3) is 4.75. The zero-order valence-corrected chi connectivity index (χ0v) is 22.0. The van der Waals surface area contributed by atoms with Crippen LogP contribution in [0.2, 0.25) is 0 Å². The number of nitrogen functional groups attached to an aromatic ring is 1. The van der Waals surface area contributed by atoms with Crippen molar-refractivity contribution in [1.29, 1.82) is 0 Å². The van der Waals surface area contributed by atoms with E-state index in [1.54, 1.807) is 15.5 Å². The van der Waals surface area contributed by atoms with Gasteiger partial charge in [-0.15, -0.1) is 0 Å². The van der Waals surface area contributed by atoms with Crippen molar-refractivity contribution in [3.8, 4) is 11.3 Å². The summed E-state index contributed by atoms with van der Waals surface area (Å²) >= 11 is 0. The zero-order valence-electron chi connectivity index (χ0n) is 22.0. The molecule has 0 saturated carbocycles. The lowest BCUT2D eigenvalue weighted by molar-refractivity contribution is -0.137. The number of benzene rings is 1. The van der Waals surface area contributed by atoms with Crippen molar-refractivity contribution < 1.29 is 31.9 Å². The standard InChI is InChI=1S/C28H25F4N7O3/c29-19-7-14(22(40)10-17-9-16(3-4-35-17)28(30,31)32)1-2-18(19)24-25-26(34)36-5-6-38(25)27(37-24)20-8-15-12-42-13-21(15)39(20)23(41)11-33/h1-7,9,15,20-21H,8,10-13,33H2,(H2,34,36)/t15-,20-,21+/m0/s1.